The Morgan fingerprint density at radius 3 is 3.27 bits per heavy atom. The molecule has 0 aromatic carbocycles. The maximum atomic E-state index is 12.1. The summed E-state index contributed by atoms with van der Waals surface area (Å²) in [6.07, 6.45) is 4.39. The number of H-pyrrole nitrogens is 1. The molecule has 1 amide bonds. The van der Waals surface area contributed by atoms with E-state index < -0.39 is 0 Å². The first-order valence-electron chi connectivity index (χ1n) is 5.37. The largest absolute Gasteiger partial charge is 0.334 e. The van der Waals surface area contributed by atoms with Gasteiger partial charge in [-0.2, -0.15) is 5.10 Å². The number of amides is 1. The van der Waals surface area contributed by atoms with Crippen molar-refractivity contribution in [3.63, 3.8) is 0 Å². The fourth-order valence-electron chi connectivity index (χ4n) is 2.63. The molecular formula is C10H14N4O. The highest BCUT2D eigenvalue weighted by atomic mass is 16.2. The number of aromatic nitrogens is 2. The first kappa shape index (κ1) is 8.91. The first-order valence-corrected chi connectivity index (χ1v) is 5.37. The number of nitrogens with zero attached hydrogens (tertiary/aromatic N) is 2. The second-order valence-corrected chi connectivity index (χ2v) is 4.26. The smallest absolute Gasteiger partial charge is 0.257 e. The lowest BCUT2D eigenvalue weighted by molar-refractivity contribution is 0.0737. The minimum atomic E-state index is 0.111. The maximum Gasteiger partial charge on any atom is 0.257 e. The predicted octanol–water partition coefficient (Wildman–Crippen LogP) is -0.156. The highest BCUT2D eigenvalue weighted by molar-refractivity contribution is 5.94. The van der Waals surface area contributed by atoms with Gasteiger partial charge in [-0.25, -0.2) is 0 Å². The molecule has 0 bridgehead atoms. The average molecular weight is 206 g/mol. The van der Waals surface area contributed by atoms with Crippen molar-refractivity contribution in [2.45, 2.75) is 12.5 Å². The van der Waals surface area contributed by atoms with E-state index in [4.69, 9.17) is 0 Å². The molecule has 5 heteroatoms. The van der Waals surface area contributed by atoms with Gasteiger partial charge in [0.1, 0.15) is 0 Å². The quantitative estimate of drug-likeness (QED) is 0.671. The Kier molecular flexibility index (Phi) is 1.98. The molecule has 2 aliphatic heterocycles. The molecule has 0 radical (unpaired) electrons. The monoisotopic (exact) mass is 206 g/mol. The maximum absolute atomic E-state index is 12.1. The van der Waals surface area contributed by atoms with Crippen LogP contribution in [0, 0.1) is 5.92 Å². The van der Waals surface area contributed by atoms with Crippen LogP contribution in [0.2, 0.25) is 0 Å². The van der Waals surface area contributed by atoms with Gasteiger partial charge >= 0.3 is 0 Å². The molecule has 15 heavy (non-hydrogen) atoms. The van der Waals surface area contributed by atoms with Crippen LogP contribution < -0.4 is 5.32 Å². The standard InChI is InChI=1S/C10H14N4O/c15-10(8-4-12-13-5-8)14-2-1-7-3-11-6-9(7)14/h4-5,7,9,11H,1-3,6H2,(H,12,13)/t7-,9+/m0/s1. The lowest BCUT2D eigenvalue weighted by Crippen LogP contribution is -2.38. The van der Waals surface area contributed by atoms with Crippen LogP contribution in [0.3, 0.4) is 0 Å². The average Bonchev–Trinajstić information content (AvgIpc) is 2.94. The number of hydrogen-bond donors (Lipinski definition) is 2. The van der Waals surface area contributed by atoms with E-state index in [2.05, 4.69) is 15.5 Å². The Balaban J connectivity index is 1.80. The minimum absolute atomic E-state index is 0.111. The van der Waals surface area contributed by atoms with Gasteiger partial charge in [0.05, 0.1) is 11.8 Å². The number of hydrogen-bond acceptors (Lipinski definition) is 3. The SMILES string of the molecule is O=C(c1cn[nH]c1)N1CC[C@H]2CNC[C@H]21. The van der Waals surface area contributed by atoms with Crippen LogP contribution in [0.15, 0.2) is 12.4 Å². The van der Waals surface area contributed by atoms with E-state index >= 15 is 0 Å². The van der Waals surface area contributed by atoms with Crippen molar-refractivity contribution in [1.29, 1.82) is 0 Å². The molecule has 80 valence electrons. The molecule has 2 fully saturated rings. The zero-order chi connectivity index (χ0) is 10.3. The van der Waals surface area contributed by atoms with Crippen LogP contribution in [-0.4, -0.2) is 46.7 Å². The molecule has 2 atom stereocenters. The Bertz CT molecular complexity index is 362. The normalized spacial score (nSPS) is 29.5. The third-order valence-corrected chi connectivity index (χ3v) is 3.45. The van der Waals surface area contributed by atoms with E-state index in [1.807, 2.05) is 4.90 Å². The van der Waals surface area contributed by atoms with Crippen LogP contribution in [0.5, 0.6) is 0 Å². The van der Waals surface area contributed by atoms with Crippen molar-refractivity contribution in [3.05, 3.63) is 18.0 Å². The fraction of sp³-hybridized carbons (Fsp3) is 0.600. The number of rotatable bonds is 1. The lowest BCUT2D eigenvalue weighted by atomic mass is 10.1. The molecule has 1 aromatic rings. The van der Waals surface area contributed by atoms with Crippen LogP contribution in [0.4, 0.5) is 0 Å². The van der Waals surface area contributed by atoms with Crippen molar-refractivity contribution < 1.29 is 4.79 Å². The molecule has 3 rings (SSSR count). The van der Waals surface area contributed by atoms with Gasteiger partial charge in [0, 0.05) is 31.9 Å². The van der Waals surface area contributed by atoms with Gasteiger partial charge in [-0.05, 0) is 12.3 Å². The van der Waals surface area contributed by atoms with Crippen LogP contribution >= 0.6 is 0 Å². The Hall–Kier alpha value is -1.36. The third kappa shape index (κ3) is 1.34. The highest BCUT2D eigenvalue weighted by Gasteiger charge is 2.40. The van der Waals surface area contributed by atoms with Crippen molar-refractivity contribution in [2.24, 2.45) is 5.92 Å². The fourth-order valence-corrected chi connectivity index (χ4v) is 2.63. The zero-order valence-corrected chi connectivity index (χ0v) is 8.44. The summed E-state index contributed by atoms with van der Waals surface area (Å²) in [6, 6.07) is 0.396. The molecule has 2 aliphatic rings. The first-order chi connectivity index (χ1) is 7.36. The number of nitrogens with one attached hydrogen (secondary N) is 2. The summed E-state index contributed by atoms with van der Waals surface area (Å²) in [5, 5.41) is 9.83. The summed E-state index contributed by atoms with van der Waals surface area (Å²) in [5.41, 5.74) is 0.669. The lowest BCUT2D eigenvalue weighted by Gasteiger charge is -2.22. The van der Waals surface area contributed by atoms with E-state index in [1.165, 1.54) is 0 Å². The van der Waals surface area contributed by atoms with E-state index in [1.54, 1.807) is 12.4 Å². The topological polar surface area (TPSA) is 61.0 Å². The predicted molar refractivity (Wildman–Crippen MR) is 54.4 cm³/mol. The summed E-state index contributed by atoms with van der Waals surface area (Å²) >= 11 is 0. The third-order valence-electron chi connectivity index (χ3n) is 3.45. The molecule has 1 aromatic heterocycles. The second kappa shape index (κ2) is 3.34. The van der Waals surface area contributed by atoms with Gasteiger partial charge in [-0.15, -0.1) is 0 Å². The Labute approximate surface area is 87.8 Å². The number of fused-ring (bicyclic) bond motifs is 1. The second-order valence-electron chi connectivity index (χ2n) is 4.26. The van der Waals surface area contributed by atoms with Crippen molar-refractivity contribution >= 4 is 5.91 Å². The van der Waals surface area contributed by atoms with Crippen LogP contribution in [0.1, 0.15) is 16.8 Å². The summed E-state index contributed by atoms with van der Waals surface area (Å²) in [7, 11) is 0. The zero-order valence-electron chi connectivity index (χ0n) is 8.44. The number of aromatic amines is 1. The van der Waals surface area contributed by atoms with Gasteiger partial charge in [0.25, 0.3) is 5.91 Å². The summed E-state index contributed by atoms with van der Waals surface area (Å²) in [5.74, 6) is 0.765. The molecule has 2 N–H and O–H groups in total. The Morgan fingerprint density at radius 1 is 1.53 bits per heavy atom. The number of likely N-dealkylation sites (tertiary alicyclic amines) is 1. The minimum Gasteiger partial charge on any atom is -0.334 e. The molecule has 5 nitrogen and oxygen atoms in total. The van der Waals surface area contributed by atoms with Gasteiger partial charge in [0.15, 0.2) is 0 Å². The highest BCUT2D eigenvalue weighted by Crippen LogP contribution is 2.28. The van der Waals surface area contributed by atoms with Gasteiger partial charge < -0.3 is 10.2 Å². The van der Waals surface area contributed by atoms with Crippen molar-refractivity contribution in [1.82, 2.24) is 20.4 Å². The molecule has 0 unspecified atom stereocenters. The molecule has 0 saturated carbocycles. The number of carbonyl (C=O) groups is 1. The summed E-state index contributed by atoms with van der Waals surface area (Å²) < 4.78 is 0. The van der Waals surface area contributed by atoms with Gasteiger partial charge in [0.2, 0.25) is 0 Å². The molecular weight excluding hydrogens is 192 g/mol. The van der Waals surface area contributed by atoms with E-state index in [0.717, 1.165) is 26.1 Å². The Morgan fingerprint density at radius 2 is 2.47 bits per heavy atom. The van der Waals surface area contributed by atoms with E-state index in [0.29, 0.717) is 17.5 Å². The van der Waals surface area contributed by atoms with Crippen molar-refractivity contribution in [2.75, 3.05) is 19.6 Å². The number of carbonyl (C=O) groups excluding carboxylic acids is 1. The van der Waals surface area contributed by atoms with Gasteiger partial charge in [-0.1, -0.05) is 0 Å². The molecule has 3 heterocycles. The molecule has 2 saturated heterocycles. The molecule has 0 aliphatic carbocycles. The summed E-state index contributed by atoms with van der Waals surface area (Å²) in [4.78, 5) is 14.1. The molecule has 0 spiro atoms. The van der Waals surface area contributed by atoms with Crippen molar-refractivity contribution in [3.8, 4) is 0 Å². The van der Waals surface area contributed by atoms with E-state index in [-0.39, 0.29) is 5.91 Å². The summed E-state index contributed by atoms with van der Waals surface area (Å²) in [6.45, 7) is 2.88. The van der Waals surface area contributed by atoms with Crippen LogP contribution in [-0.2, 0) is 0 Å². The van der Waals surface area contributed by atoms with Crippen LogP contribution in [0.25, 0.3) is 0 Å². The van der Waals surface area contributed by atoms with E-state index in [9.17, 15) is 4.79 Å². The van der Waals surface area contributed by atoms with Gasteiger partial charge in [-0.3, -0.25) is 9.89 Å².